The Morgan fingerprint density at radius 1 is 1.42 bits per heavy atom. The third-order valence-electron chi connectivity index (χ3n) is 3.41. The summed E-state index contributed by atoms with van der Waals surface area (Å²) in [6.45, 7) is 2.81. The summed E-state index contributed by atoms with van der Waals surface area (Å²) >= 11 is 4.24. The van der Waals surface area contributed by atoms with Gasteiger partial charge in [-0.2, -0.15) is 11.8 Å². The van der Waals surface area contributed by atoms with Gasteiger partial charge in [-0.05, 0) is 54.5 Å². The summed E-state index contributed by atoms with van der Waals surface area (Å²) in [6, 6.07) is 5.95. The minimum absolute atomic E-state index is 0.0522. The van der Waals surface area contributed by atoms with Gasteiger partial charge in [-0.1, -0.05) is 24.5 Å². The van der Waals surface area contributed by atoms with E-state index in [-0.39, 0.29) is 5.91 Å². The molecule has 4 heteroatoms. The lowest BCUT2D eigenvalue weighted by molar-refractivity contribution is 0.0955. The van der Waals surface area contributed by atoms with Crippen LogP contribution in [0.4, 0.5) is 0 Å². The second-order valence-corrected chi connectivity index (χ2v) is 7.59. The summed E-state index contributed by atoms with van der Waals surface area (Å²) < 4.78 is 1.03. The molecule has 0 atom stereocenters. The van der Waals surface area contributed by atoms with Crippen LogP contribution in [0.15, 0.2) is 18.2 Å². The van der Waals surface area contributed by atoms with E-state index in [1.165, 1.54) is 31.2 Å². The zero-order valence-electron chi connectivity index (χ0n) is 11.2. The Hall–Kier alpha value is -0.230. The number of rotatable bonds is 5. The Morgan fingerprint density at radius 2 is 2.16 bits per heavy atom. The first-order chi connectivity index (χ1) is 9.16. The van der Waals surface area contributed by atoms with Crippen LogP contribution in [-0.2, 0) is 0 Å². The number of halogens is 1. The number of carbonyl (C=O) groups excluding carboxylic acids is 1. The normalized spacial score (nSPS) is 15.7. The molecule has 1 aliphatic carbocycles. The molecule has 0 radical (unpaired) electrons. The molecule has 1 aromatic rings. The second kappa shape index (κ2) is 7.53. The first-order valence-corrected chi connectivity index (χ1v) is 8.95. The molecule has 0 unspecified atom stereocenters. The fourth-order valence-electron chi connectivity index (χ4n) is 2.34. The Morgan fingerprint density at radius 3 is 2.84 bits per heavy atom. The Kier molecular flexibility index (Phi) is 6.01. The van der Waals surface area contributed by atoms with Crippen LogP contribution in [0.25, 0.3) is 0 Å². The summed E-state index contributed by atoms with van der Waals surface area (Å²) in [5.41, 5.74) is 1.98. The number of hydrogen-bond acceptors (Lipinski definition) is 2. The number of nitrogens with one attached hydrogen (secondary N) is 1. The van der Waals surface area contributed by atoms with Crippen LogP contribution >= 0.6 is 34.4 Å². The standard InChI is InChI=1S/C15H20INOS/c1-11-6-7-13(14(16)10-11)15(18)17-8-9-19-12-4-2-3-5-12/h6-7,10,12H,2-5,8-9H2,1H3,(H,17,18). The van der Waals surface area contributed by atoms with Gasteiger partial charge < -0.3 is 5.32 Å². The molecule has 0 bridgehead atoms. The fraction of sp³-hybridized carbons (Fsp3) is 0.533. The minimum Gasteiger partial charge on any atom is -0.351 e. The van der Waals surface area contributed by atoms with Gasteiger partial charge in [0.2, 0.25) is 0 Å². The molecular formula is C15H20INOS. The first kappa shape index (κ1) is 15.2. The van der Waals surface area contributed by atoms with Crippen molar-refractivity contribution in [3.8, 4) is 0 Å². The monoisotopic (exact) mass is 389 g/mol. The van der Waals surface area contributed by atoms with Gasteiger partial charge in [-0.25, -0.2) is 0 Å². The molecule has 2 rings (SSSR count). The van der Waals surface area contributed by atoms with Crippen molar-refractivity contribution in [3.63, 3.8) is 0 Å². The van der Waals surface area contributed by atoms with E-state index < -0.39 is 0 Å². The van der Waals surface area contributed by atoms with Gasteiger partial charge in [0.25, 0.3) is 5.91 Å². The van der Waals surface area contributed by atoms with Crippen molar-refractivity contribution in [1.82, 2.24) is 5.32 Å². The topological polar surface area (TPSA) is 29.1 Å². The van der Waals surface area contributed by atoms with Crippen LogP contribution in [-0.4, -0.2) is 23.5 Å². The average Bonchev–Trinajstić information content (AvgIpc) is 2.87. The van der Waals surface area contributed by atoms with Crippen molar-refractivity contribution in [2.45, 2.75) is 37.9 Å². The maximum atomic E-state index is 12.0. The van der Waals surface area contributed by atoms with Gasteiger partial charge in [-0.3, -0.25) is 4.79 Å². The Labute approximate surface area is 133 Å². The minimum atomic E-state index is 0.0522. The molecule has 1 amide bonds. The lowest BCUT2D eigenvalue weighted by atomic mass is 10.1. The summed E-state index contributed by atoms with van der Waals surface area (Å²) in [5, 5.41) is 3.85. The van der Waals surface area contributed by atoms with Gasteiger partial charge >= 0.3 is 0 Å². The smallest absolute Gasteiger partial charge is 0.252 e. The molecule has 1 aromatic carbocycles. The highest BCUT2D eigenvalue weighted by Gasteiger charge is 2.15. The van der Waals surface area contributed by atoms with Gasteiger partial charge in [0.05, 0.1) is 5.56 Å². The highest BCUT2D eigenvalue weighted by Crippen LogP contribution is 2.28. The third-order valence-corrected chi connectivity index (χ3v) is 5.69. The lowest BCUT2D eigenvalue weighted by Gasteiger charge is -2.10. The number of carbonyl (C=O) groups is 1. The van der Waals surface area contributed by atoms with E-state index in [9.17, 15) is 4.79 Å². The molecule has 0 aliphatic heterocycles. The third kappa shape index (κ3) is 4.67. The summed E-state index contributed by atoms with van der Waals surface area (Å²) in [4.78, 5) is 12.0. The molecule has 2 nitrogen and oxygen atoms in total. The molecule has 19 heavy (non-hydrogen) atoms. The predicted octanol–water partition coefficient (Wildman–Crippen LogP) is 4.01. The van der Waals surface area contributed by atoms with E-state index >= 15 is 0 Å². The first-order valence-electron chi connectivity index (χ1n) is 6.83. The summed E-state index contributed by atoms with van der Waals surface area (Å²) in [5.74, 6) is 1.08. The van der Waals surface area contributed by atoms with Crippen molar-refractivity contribution in [2.24, 2.45) is 0 Å². The number of amides is 1. The number of hydrogen-bond donors (Lipinski definition) is 1. The van der Waals surface area contributed by atoms with E-state index in [0.29, 0.717) is 0 Å². The Bertz CT molecular complexity index is 444. The number of benzene rings is 1. The van der Waals surface area contributed by atoms with E-state index in [1.807, 2.05) is 36.9 Å². The van der Waals surface area contributed by atoms with E-state index in [1.54, 1.807) is 0 Å². The largest absolute Gasteiger partial charge is 0.351 e. The molecule has 1 fully saturated rings. The van der Waals surface area contributed by atoms with Crippen molar-refractivity contribution >= 4 is 40.3 Å². The molecule has 1 saturated carbocycles. The Balaban J connectivity index is 1.74. The second-order valence-electron chi connectivity index (χ2n) is 5.02. The van der Waals surface area contributed by atoms with E-state index in [0.717, 1.165) is 26.7 Å². The van der Waals surface area contributed by atoms with E-state index in [2.05, 4.69) is 27.9 Å². The highest BCUT2D eigenvalue weighted by molar-refractivity contribution is 14.1. The summed E-state index contributed by atoms with van der Waals surface area (Å²) in [7, 11) is 0. The molecule has 104 valence electrons. The van der Waals surface area contributed by atoms with Gasteiger partial charge in [-0.15, -0.1) is 0 Å². The number of aryl methyl sites for hydroxylation is 1. The predicted molar refractivity (Wildman–Crippen MR) is 90.9 cm³/mol. The molecule has 0 aromatic heterocycles. The summed E-state index contributed by atoms with van der Waals surface area (Å²) in [6.07, 6.45) is 5.47. The molecule has 0 spiro atoms. The maximum absolute atomic E-state index is 12.0. The van der Waals surface area contributed by atoms with Crippen LogP contribution in [0.3, 0.4) is 0 Å². The SMILES string of the molecule is Cc1ccc(C(=O)NCCSC2CCCC2)c(I)c1. The average molecular weight is 389 g/mol. The van der Waals surface area contributed by atoms with Crippen molar-refractivity contribution in [3.05, 3.63) is 32.9 Å². The van der Waals surface area contributed by atoms with Crippen molar-refractivity contribution in [2.75, 3.05) is 12.3 Å². The maximum Gasteiger partial charge on any atom is 0.252 e. The molecule has 0 saturated heterocycles. The van der Waals surface area contributed by atoms with Crippen LogP contribution in [0, 0.1) is 10.5 Å². The number of thioether (sulfide) groups is 1. The van der Waals surface area contributed by atoms with Gasteiger partial charge in [0.1, 0.15) is 0 Å². The van der Waals surface area contributed by atoms with Crippen molar-refractivity contribution in [1.29, 1.82) is 0 Å². The molecule has 1 N–H and O–H groups in total. The van der Waals surface area contributed by atoms with Crippen molar-refractivity contribution < 1.29 is 4.79 Å². The molecule has 1 aliphatic rings. The highest BCUT2D eigenvalue weighted by atomic mass is 127. The molecule has 0 heterocycles. The fourth-order valence-corrected chi connectivity index (χ4v) is 4.48. The molecular weight excluding hydrogens is 369 g/mol. The van der Waals surface area contributed by atoms with Crippen LogP contribution in [0.1, 0.15) is 41.6 Å². The van der Waals surface area contributed by atoms with Crippen LogP contribution in [0.5, 0.6) is 0 Å². The zero-order chi connectivity index (χ0) is 13.7. The lowest BCUT2D eigenvalue weighted by Crippen LogP contribution is -2.26. The van der Waals surface area contributed by atoms with Crippen LogP contribution < -0.4 is 5.32 Å². The quantitative estimate of drug-likeness (QED) is 0.609. The van der Waals surface area contributed by atoms with Gasteiger partial charge in [0.15, 0.2) is 0 Å². The van der Waals surface area contributed by atoms with Gasteiger partial charge in [0, 0.05) is 21.1 Å². The van der Waals surface area contributed by atoms with E-state index in [4.69, 9.17) is 0 Å². The van der Waals surface area contributed by atoms with Crippen LogP contribution in [0.2, 0.25) is 0 Å². The zero-order valence-corrected chi connectivity index (χ0v) is 14.2.